The van der Waals surface area contributed by atoms with Crippen molar-refractivity contribution in [2.75, 3.05) is 11.9 Å². The topological polar surface area (TPSA) is 75.3 Å². The number of benzene rings is 2. The first kappa shape index (κ1) is 23.7. The Morgan fingerprint density at radius 2 is 1.75 bits per heavy atom. The zero-order valence-electron chi connectivity index (χ0n) is 16.4. The third-order valence-electron chi connectivity index (χ3n) is 5.71. The molecule has 1 aliphatic heterocycles. The van der Waals surface area contributed by atoms with Crippen LogP contribution in [0.25, 0.3) is 0 Å². The van der Waals surface area contributed by atoms with E-state index in [0.717, 1.165) is 0 Å². The first-order valence-electron chi connectivity index (χ1n) is 9.83. The van der Waals surface area contributed by atoms with Gasteiger partial charge in [-0.25, -0.2) is 0 Å². The fraction of sp³-hybridized carbons (Fsp3) is 0.318. The number of halogens is 5. The van der Waals surface area contributed by atoms with E-state index in [1.807, 2.05) is 0 Å². The standard InChI is InChI=1S/C22H17Cl5N2O3/c23-12-5-11(6-13(24)8-12)18-19(22(18,26)27)21(32)29-14-1-2-16(25)15(9-14)17(30)7-10-3-4-28-20(10)31/h1-2,5-6,8-10,18-19H,3-4,7H2,(H,28,31)(H,29,32). The molecule has 3 unspecified atom stereocenters. The quantitative estimate of drug-likeness (QED) is 0.359. The van der Waals surface area contributed by atoms with E-state index < -0.39 is 22.1 Å². The van der Waals surface area contributed by atoms with Crippen LogP contribution in [0.2, 0.25) is 15.1 Å². The fourth-order valence-corrected chi connectivity index (χ4v) is 5.63. The third-order valence-corrected chi connectivity index (χ3v) is 7.42. The largest absolute Gasteiger partial charge is 0.356 e. The van der Waals surface area contributed by atoms with Crippen molar-refractivity contribution in [3.8, 4) is 0 Å². The predicted molar refractivity (Wildman–Crippen MR) is 127 cm³/mol. The van der Waals surface area contributed by atoms with Crippen LogP contribution >= 0.6 is 58.0 Å². The minimum atomic E-state index is -1.32. The summed E-state index contributed by atoms with van der Waals surface area (Å²) in [6, 6.07) is 9.51. The summed E-state index contributed by atoms with van der Waals surface area (Å²) in [5, 5.41) is 6.53. The van der Waals surface area contributed by atoms with E-state index in [9.17, 15) is 14.4 Å². The van der Waals surface area contributed by atoms with Gasteiger partial charge in [0.15, 0.2) is 5.78 Å². The van der Waals surface area contributed by atoms with E-state index >= 15 is 0 Å². The summed E-state index contributed by atoms with van der Waals surface area (Å²) in [6.45, 7) is 0.555. The van der Waals surface area contributed by atoms with Gasteiger partial charge in [0.1, 0.15) is 4.33 Å². The van der Waals surface area contributed by atoms with Gasteiger partial charge < -0.3 is 10.6 Å². The molecule has 32 heavy (non-hydrogen) atoms. The molecule has 168 valence electrons. The number of carbonyl (C=O) groups is 3. The second kappa shape index (κ2) is 9.03. The maximum atomic E-state index is 12.9. The molecule has 3 atom stereocenters. The fourth-order valence-electron chi connectivity index (χ4n) is 4.03. The van der Waals surface area contributed by atoms with Crippen LogP contribution in [0, 0.1) is 11.8 Å². The van der Waals surface area contributed by atoms with Gasteiger partial charge in [-0.05, 0) is 48.4 Å². The molecular weight excluding hydrogens is 518 g/mol. The SMILES string of the molecule is O=C(CC1CCNC1=O)c1cc(NC(=O)C2C(c3cc(Cl)cc(Cl)c3)C2(Cl)Cl)ccc1Cl. The smallest absolute Gasteiger partial charge is 0.231 e. The number of ketones is 1. The van der Waals surface area contributed by atoms with Crippen molar-refractivity contribution in [2.45, 2.75) is 23.1 Å². The van der Waals surface area contributed by atoms with Crippen molar-refractivity contribution >= 4 is 81.3 Å². The first-order valence-corrected chi connectivity index (χ1v) is 11.7. The van der Waals surface area contributed by atoms with E-state index in [0.29, 0.717) is 34.3 Å². The molecular formula is C22H17Cl5N2O3. The normalized spacial score (nSPS) is 23.5. The number of hydrogen-bond acceptors (Lipinski definition) is 3. The summed E-state index contributed by atoms with van der Waals surface area (Å²) in [4.78, 5) is 37.4. The lowest BCUT2D eigenvalue weighted by Gasteiger charge is -2.11. The van der Waals surface area contributed by atoms with Crippen molar-refractivity contribution in [3.63, 3.8) is 0 Å². The molecule has 0 spiro atoms. The average molecular weight is 535 g/mol. The lowest BCUT2D eigenvalue weighted by atomic mass is 9.97. The van der Waals surface area contributed by atoms with Gasteiger partial charge in [-0.3, -0.25) is 14.4 Å². The molecule has 5 nitrogen and oxygen atoms in total. The molecule has 4 rings (SSSR count). The van der Waals surface area contributed by atoms with Gasteiger partial charge in [-0.2, -0.15) is 0 Å². The molecule has 1 saturated heterocycles. The molecule has 2 aromatic rings. The summed E-state index contributed by atoms with van der Waals surface area (Å²) in [7, 11) is 0. The number of alkyl halides is 2. The van der Waals surface area contributed by atoms with E-state index in [1.165, 1.54) is 12.1 Å². The van der Waals surface area contributed by atoms with Crippen LogP contribution in [-0.2, 0) is 9.59 Å². The van der Waals surface area contributed by atoms with Crippen LogP contribution in [0.3, 0.4) is 0 Å². The molecule has 1 saturated carbocycles. The first-order chi connectivity index (χ1) is 15.1. The Hall–Kier alpha value is -1.50. The maximum absolute atomic E-state index is 12.9. The molecule has 0 radical (unpaired) electrons. The van der Waals surface area contributed by atoms with Crippen molar-refractivity contribution in [3.05, 3.63) is 62.6 Å². The zero-order chi connectivity index (χ0) is 23.2. The summed E-state index contributed by atoms with van der Waals surface area (Å²) in [5.74, 6) is -2.42. The minimum Gasteiger partial charge on any atom is -0.356 e. The Balaban J connectivity index is 1.49. The molecule has 2 aromatic carbocycles. The summed E-state index contributed by atoms with van der Waals surface area (Å²) < 4.78 is -1.32. The third kappa shape index (κ3) is 4.73. The van der Waals surface area contributed by atoms with Crippen molar-refractivity contribution in [1.82, 2.24) is 5.32 Å². The van der Waals surface area contributed by atoms with Crippen LogP contribution in [0.1, 0.15) is 34.7 Å². The molecule has 1 heterocycles. The number of nitrogens with one attached hydrogen (secondary N) is 2. The number of rotatable bonds is 6. The van der Waals surface area contributed by atoms with Gasteiger partial charge >= 0.3 is 0 Å². The Bertz CT molecular complexity index is 1100. The van der Waals surface area contributed by atoms with Crippen molar-refractivity contribution in [1.29, 1.82) is 0 Å². The summed E-state index contributed by atoms with van der Waals surface area (Å²) in [6.07, 6.45) is 0.651. The van der Waals surface area contributed by atoms with E-state index in [4.69, 9.17) is 58.0 Å². The van der Waals surface area contributed by atoms with Gasteiger partial charge in [0, 0.05) is 46.1 Å². The molecule has 0 bridgehead atoms. The number of hydrogen-bond donors (Lipinski definition) is 2. The van der Waals surface area contributed by atoms with Crippen LogP contribution in [0.4, 0.5) is 5.69 Å². The van der Waals surface area contributed by atoms with Crippen LogP contribution in [0.5, 0.6) is 0 Å². The Morgan fingerprint density at radius 1 is 1.06 bits per heavy atom. The number of amides is 2. The minimum absolute atomic E-state index is 0.0512. The van der Waals surface area contributed by atoms with Crippen LogP contribution in [-0.4, -0.2) is 28.5 Å². The molecule has 10 heteroatoms. The van der Waals surface area contributed by atoms with Gasteiger partial charge in [-0.15, -0.1) is 23.2 Å². The number of Topliss-reactive ketones (excluding diaryl/α,β-unsaturated/α-hetero) is 1. The van der Waals surface area contributed by atoms with Crippen LogP contribution < -0.4 is 10.6 Å². The van der Waals surface area contributed by atoms with Crippen molar-refractivity contribution in [2.24, 2.45) is 11.8 Å². The molecule has 2 amide bonds. The maximum Gasteiger partial charge on any atom is 0.231 e. The number of anilines is 1. The summed E-state index contributed by atoms with van der Waals surface area (Å²) >= 11 is 31.1. The lowest BCUT2D eigenvalue weighted by molar-refractivity contribution is -0.122. The second-order valence-electron chi connectivity index (χ2n) is 7.92. The van der Waals surface area contributed by atoms with E-state index in [1.54, 1.807) is 24.3 Å². The Morgan fingerprint density at radius 3 is 2.38 bits per heavy atom. The zero-order valence-corrected chi connectivity index (χ0v) is 20.2. The summed E-state index contributed by atoms with van der Waals surface area (Å²) in [5.41, 5.74) is 1.27. The predicted octanol–water partition coefficient (Wildman–Crippen LogP) is 5.88. The molecule has 2 N–H and O–H groups in total. The second-order valence-corrected chi connectivity index (χ2v) is 10.6. The van der Waals surface area contributed by atoms with Gasteiger partial charge in [0.25, 0.3) is 0 Å². The molecule has 2 fully saturated rings. The van der Waals surface area contributed by atoms with Gasteiger partial charge in [0.05, 0.1) is 10.9 Å². The average Bonchev–Trinajstić information content (AvgIpc) is 3.07. The highest BCUT2D eigenvalue weighted by atomic mass is 35.5. The lowest BCUT2D eigenvalue weighted by Crippen LogP contribution is -2.21. The molecule has 0 aromatic heterocycles. The Labute approximate surface area is 209 Å². The van der Waals surface area contributed by atoms with E-state index in [-0.39, 0.29) is 34.6 Å². The molecule has 2 aliphatic rings. The molecule has 1 aliphatic carbocycles. The highest BCUT2D eigenvalue weighted by Gasteiger charge is 2.67. The van der Waals surface area contributed by atoms with E-state index in [2.05, 4.69) is 10.6 Å². The monoisotopic (exact) mass is 532 g/mol. The van der Waals surface area contributed by atoms with Crippen molar-refractivity contribution < 1.29 is 14.4 Å². The van der Waals surface area contributed by atoms with Gasteiger partial charge in [0.2, 0.25) is 11.8 Å². The highest BCUT2D eigenvalue weighted by molar-refractivity contribution is 6.53. The number of carbonyl (C=O) groups excluding carboxylic acids is 3. The Kier molecular flexibility index (Phi) is 6.68. The highest BCUT2D eigenvalue weighted by Crippen LogP contribution is 2.65. The van der Waals surface area contributed by atoms with Gasteiger partial charge in [-0.1, -0.05) is 34.8 Å². The van der Waals surface area contributed by atoms with Crippen LogP contribution in [0.15, 0.2) is 36.4 Å².